The zero-order valence-corrected chi connectivity index (χ0v) is 15.6. The van der Waals surface area contributed by atoms with Crippen molar-refractivity contribution >= 4 is 5.91 Å². The third-order valence-corrected chi connectivity index (χ3v) is 4.56. The highest BCUT2D eigenvalue weighted by atomic mass is 35.5. The van der Waals surface area contributed by atoms with Crippen molar-refractivity contribution in [3.05, 3.63) is 48.4 Å². The fourth-order valence-electron chi connectivity index (χ4n) is 3.20. The molecule has 1 saturated heterocycles. The number of carbonyl (C=O) groups is 1. The number of furan rings is 1. The lowest BCUT2D eigenvalue weighted by atomic mass is 10.2. The van der Waals surface area contributed by atoms with E-state index >= 15 is 0 Å². The van der Waals surface area contributed by atoms with E-state index < -0.39 is 0 Å². The molecule has 2 aromatic rings. The summed E-state index contributed by atoms with van der Waals surface area (Å²) in [5.74, 6) is 2.19. The normalized spacial score (nSPS) is 15.1. The molecule has 142 valence electrons. The van der Waals surface area contributed by atoms with E-state index in [1.807, 2.05) is 12.1 Å². The Hall–Kier alpha value is -2.18. The molecule has 2 heterocycles. The molecule has 1 aliphatic heterocycles. The van der Waals surface area contributed by atoms with Crippen LogP contribution in [0.2, 0.25) is 0 Å². The SMILES string of the molecule is COc1ccc(OCC(=O)NCC(c2ccco2)[NH+]2CCCC2)cc1.[Cl-]. The molecular formula is C19H25ClN2O4. The van der Waals surface area contributed by atoms with E-state index in [0.717, 1.165) is 24.6 Å². The summed E-state index contributed by atoms with van der Waals surface area (Å²) in [5.41, 5.74) is 0. The predicted molar refractivity (Wildman–Crippen MR) is 92.9 cm³/mol. The van der Waals surface area contributed by atoms with Gasteiger partial charge in [-0.15, -0.1) is 0 Å². The third kappa shape index (κ3) is 5.41. The number of halogens is 1. The molecular weight excluding hydrogens is 356 g/mol. The quantitative estimate of drug-likeness (QED) is 0.567. The summed E-state index contributed by atoms with van der Waals surface area (Å²) in [4.78, 5) is 13.6. The summed E-state index contributed by atoms with van der Waals surface area (Å²) < 4.78 is 16.2. The Labute approximate surface area is 159 Å². The fraction of sp³-hybridized carbons (Fsp3) is 0.421. The van der Waals surface area contributed by atoms with Gasteiger partial charge in [0.15, 0.2) is 18.4 Å². The molecule has 0 aliphatic carbocycles. The van der Waals surface area contributed by atoms with E-state index in [9.17, 15) is 4.79 Å². The number of likely N-dealkylation sites (tertiary alicyclic amines) is 1. The highest BCUT2D eigenvalue weighted by Crippen LogP contribution is 2.17. The van der Waals surface area contributed by atoms with Gasteiger partial charge in [0.1, 0.15) is 11.5 Å². The second kappa shape index (κ2) is 10.1. The molecule has 1 fully saturated rings. The van der Waals surface area contributed by atoms with E-state index in [-0.39, 0.29) is 31.0 Å². The summed E-state index contributed by atoms with van der Waals surface area (Å²) in [6, 6.07) is 11.2. The third-order valence-electron chi connectivity index (χ3n) is 4.56. The second-order valence-electron chi connectivity index (χ2n) is 6.20. The summed E-state index contributed by atoms with van der Waals surface area (Å²) in [6.07, 6.45) is 4.13. The highest BCUT2D eigenvalue weighted by molar-refractivity contribution is 5.77. The zero-order chi connectivity index (χ0) is 17.5. The summed E-state index contributed by atoms with van der Waals surface area (Å²) in [5, 5.41) is 2.97. The van der Waals surface area contributed by atoms with Crippen molar-refractivity contribution in [3.63, 3.8) is 0 Å². The van der Waals surface area contributed by atoms with Crippen molar-refractivity contribution in [1.29, 1.82) is 0 Å². The fourth-order valence-corrected chi connectivity index (χ4v) is 3.20. The van der Waals surface area contributed by atoms with Gasteiger partial charge >= 0.3 is 0 Å². The minimum absolute atomic E-state index is 0. The van der Waals surface area contributed by atoms with Crippen LogP contribution in [0.3, 0.4) is 0 Å². The molecule has 0 radical (unpaired) electrons. The molecule has 0 saturated carbocycles. The van der Waals surface area contributed by atoms with Gasteiger partial charge in [-0.1, -0.05) is 0 Å². The van der Waals surface area contributed by atoms with Gasteiger partial charge in [0.25, 0.3) is 5.91 Å². The Kier molecular flexibility index (Phi) is 7.81. The van der Waals surface area contributed by atoms with Gasteiger partial charge in [0.05, 0.1) is 33.0 Å². The monoisotopic (exact) mass is 380 g/mol. The molecule has 3 rings (SSSR count). The number of hydrogen-bond acceptors (Lipinski definition) is 4. The molecule has 1 aromatic heterocycles. The highest BCUT2D eigenvalue weighted by Gasteiger charge is 2.29. The van der Waals surface area contributed by atoms with Crippen LogP contribution in [0, 0.1) is 0 Å². The Bertz CT molecular complexity index is 655. The van der Waals surface area contributed by atoms with Crippen LogP contribution < -0.4 is 32.1 Å². The van der Waals surface area contributed by atoms with Gasteiger partial charge in [0, 0.05) is 12.8 Å². The molecule has 26 heavy (non-hydrogen) atoms. The molecule has 0 bridgehead atoms. The Morgan fingerprint density at radius 1 is 1.19 bits per heavy atom. The van der Waals surface area contributed by atoms with Crippen molar-refractivity contribution in [2.45, 2.75) is 18.9 Å². The largest absolute Gasteiger partial charge is 1.00 e. The van der Waals surface area contributed by atoms with Crippen LogP contribution in [-0.4, -0.2) is 39.3 Å². The maximum Gasteiger partial charge on any atom is 0.258 e. The number of methoxy groups -OCH3 is 1. The van der Waals surface area contributed by atoms with Gasteiger partial charge in [-0.25, -0.2) is 0 Å². The van der Waals surface area contributed by atoms with Gasteiger partial charge < -0.3 is 36.5 Å². The smallest absolute Gasteiger partial charge is 0.258 e. The van der Waals surface area contributed by atoms with Crippen LogP contribution in [0.4, 0.5) is 0 Å². The molecule has 1 atom stereocenters. The molecule has 1 unspecified atom stereocenters. The molecule has 1 aromatic carbocycles. The summed E-state index contributed by atoms with van der Waals surface area (Å²) >= 11 is 0. The van der Waals surface area contributed by atoms with Gasteiger partial charge in [-0.3, -0.25) is 4.79 Å². The number of amides is 1. The number of hydrogen-bond donors (Lipinski definition) is 2. The van der Waals surface area contributed by atoms with Gasteiger partial charge in [-0.05, 0) is 36.4 Å². The maximum atomic E-state index is 12.1. The first-order chi connectivity index (χ1) is 12.3. The lowest BCUT2D eigenvalue weighted by molar-refractivity contribution is -0.919. The van der Waals surface area contributed by atoms with Crippen molar-refractivity contribution in [2.24, 2.45) is 0 Å². The zero-order valence-electron chi connectivity index (χ0n) is 14.9. The van der Waals surface area contributed by atoms with Crippen molar-refractivity contribution in [3.8, 4) is 11.5 Å². The number of rotatable bonds is 8. The first kappa shape index (κ1) is 20.1. The Morgan fingerprint density at radius 3 is 2.50 bits per heavy atom. The number of nitrogens with one attached hydrogen (secondary N) is 2. The molecule has 0 spiro atoms. The number of quaternary nitrogens is 1. The molecule has 2 N–H and O–H groups in total. The van der Waals surface area contributed by atoms with Crippen LogP contribution in [0.15, 0.2) is 47.1 Å². The van der Waals surface area contributed by atoms with Crippen LogP contribution in [-0.2, 0) is 4.79 Å². The Morgan fingerprint density at radius 2 is 1.88 bits per heavy atom. The van der Waals surface area contributed by atoms with Crippen molar-refractivity contribution < 1.29 is 36.0 Å². The number of benzene rings is 1. The summed E-state index contributed by atoms with van der Waals surface area (Å²) in [7, 11) is 1.61. The maximum absolute atomic E-state index is 12.1. The van der Waals surface area contributed by atoms with Gasteiger partial charge in [0.2, 0.25) is 0 Å². The predicted octanol–water partition coefficient (Wildman–Crippen LogP) is -1.79. The lowest BCUT2D eigenvalue weighted by Gasteiger charge is -2.23. The van der Waals surface area contributed by atoms with E-state index in [1.165, 1.54) is 17.7 Å². The van der Waals surface area contributed by atoms with Crippen molar-refractivity contribution in [2.75, 3.05) is 33.4 Å². The second-order valence-corrected chi connectivity index (χ2v) is 6.20. The first-order valence-electron chi connectivity index (χ1n) is 8.68. The van der Waals surface area contributed by atoms with Crippen LogP contribution in [0.5, 0.6) is 11.5 Å². The van der Waals surface area contributed by atoms with Crippen molar-refractivity contribution in [1.82, 2.24) is 5.32 Å². The standard InChI is InChI=1S/C19H24N2O4.ClH/c1-23-15-6-8-16(9-7-15)25-14-19(22)20-13-17(18-5-4-12-24-18)21-10-2-3-11-21;/h4-9,12,17H,2-3,10-11,13-14H2,1H3,(H,20,22);1H. The molecule has 1 amide bonds. The molecule has 6 nitrogen and oxygen atoms in total. The Balaban J connectivity index is 0.00000243. The number of ether oxygens (including phenoxy) is 2. The average Bonchev–Trinajstić information content (AvgIpc) is 3.35. The summed E-state index contributed by atoms with van der Waals surface area (Å²) in [6.45, 7) is 2.77. The first-order valence-corrected chi connectivity index (χ1v) is 8.68. The molecule has 1 aliphatic rings. The van der Waals surface area contributed by atoms with Crippen LogP contribution in [0.25, 0.3) is 0 Å². The minimum Gasteiger partial charge on any atom is -1.00 e. The average molecular weight is 381 g/mol. The topological polar surface area (TPSA) is 65.1 Å². The van der Waals surface area contributed by atoms with E-state index in [2.05, 4.69) is 5.32 Å². The van der Waals surface area contributed by atoms with E-state index in [0.29, 0.717) is 12.3 Å². The van der Waals surface area contributed by atoms with Crippen LogP contribution in [0.1, 0.15) is 24.6 Å². The number of carbonyl (C=O) groups excluding carboxylic acids is 1. The molecule has 7 heteroatoms. The van der Waals surface area contributed by atoms with Gasteiger partial charge in [-0.2, -0.15) is 0 Å². The van der Waals surface area contributed by atoms with Crippen LogP contribution >= 0.6 is 0 Å². The minimum atomic E-state index is -0.133. The van der Waals surface area contributed by atoms with E-state index in [4.69, 9.17) is 13.9 Å². The lowest BCUT2D eigenvalue weighted by Crippen LogP contribution is -3.11. The van der Waals surface area contributed by atoms with E-state index in [1.54, 1.807) is 37.6 Å².